The zero-order chi connectivity index (χ0) is 14.2. The van der Waals surface area contributed by atoms with Crippen LogP contribution in [-0.4, -0.2) is 39.4 Å². The molecule has 0 spiro atoms. The number of likely N-dealkylation sites (tertiary alicyclic amines) is 1. The van der Waals surface area contributed by atoms with E-state index in [2.05, 4.69) is 0 Å². The molecule has 104 valence electrons. The van der Waals surface area contributed by atoms with E-state index < -0.39 is 4.92 Å². The van der Waals surface area contributed by atoms with Gasteiger partial charge in [-0.25, -0.2) is 0 Å². The van der Waals surface area contributed by atoms with Crippen LogP contribution in [0.1, 0.15) is 36.8 Å². The molecule has 1 amide bonds. The SMILES string of the molecule is CC(C)n1cc([N+](=O)[O-])cc1C(=O)N1CC[C@@H](N)C1. The molecule has 0 bridgehead atoms. The fraction of sp³-hybridized carbons (Fsp3) is 0.583. The van der Waals surface area contributed by atoms with E-state index >= 15 is 0 Å². The number of rotatable bonds is 3. The van der Waals surface area contributed by atoms with E-state index in [0.29, 0.717) is 18.8 Å². The first-order chi connectivity index (χ1) is 8.90. The van der Waals surface area contributed by atoms with Gasteiger partial charge in [-0.2, -0.15) is 0 Å². The zero-order valence-electron chi connectivity index (χ0n) is 11.1. The molecule has 1 saturated heterocycles. The van der Waals surface area contributed by atoms with Crippen LogP contribution in [0.25, 0.3) is 0 Å². The van der Waals surface area contributed by atoms with Gasteiger partial charge in [0.2, 0.25) is 0 Å². The first-order valence-corrected chi connectivity index (χ1v) is 6.31. The molecule has 1 atom stereocenters. The molecule has 2 heterocycles. The third-order valence-electron chi connectivity index (χ3n) is 3.33. The lowest BCUT2D eigenvalue weighted by atomic mass is 10.3. The Balaban J connectivity index is 2.32. The van der Waals surface area contributed by atoms with Crippen LogP contribution in [0, 0.1) is 10.1 Å². The summed E-state index contributed by atoms with van der Waals surface area (Å²) in [6.07, 6.45) is 2.18. The largest absolute Gasteiger partial charge is 0.336 e. The van der Waals surface area contributed by atoms with E-state index in [1.165, 1.54) is 12.3 Å². The summed E-state index contributed by atoms with van der Waals surface area (Å²) in [5.41, 5.74) is 6.09. The number of carbonyl (C=O) groups is 1. The molecular weight excluding hydrogens is 248 g/mol. The molecule has 0 radical (unpaired) electrons. The van der Waals surface area contributed by atoms with E-state index in [1.807, 2.05) is 13.8 Å². The third-order valence-corrected chi connectivity index (χ3v) is 3.33. The predicted molar refractivity (Wildman–Crippen MR) is 70.0 cm³/mol. The van der Waals surface area contributed by atoms with Gasteiger partial charge in [0, 0.05) is 31.2 Å². The maximum absolute atomic E-state index is 12.4. The van der Waals surface area contributed by atoms with Crippen molar-refractivity contribution < 1.29 is 9.72 Å². The second kappa shape index (κ2) is 5.00. The number of hydrogen-bond acceptors (Lipinski definition) is 4. The second-order valence-electron chi connectivity index (χ2n) is 5.14. The average Bonchev–Trinajstić information content (AvgIpc) is 2.93. The molecular formula is C12H18N4O3. The zero-order valence-corrected chi connectivity index (χ0v) is 11.1. The first-order valence-electron chi connectivity index (χ1n) is 6.31. The molecule has 19 heavy (non-hydrogen) atoms. The fourth-order valence-corrected chi connectivity index (χ4v) is 2.30. The standard InChI is InChI=1S/C12H18N4O3/c1-8(2)15-7-10(16(18)19)5-11(15)12(17)14-4-3-9(13)6-14/h5,7-9H,3-4,6,13H2,1-2H3/t9-/m1/s1. The van der Waals surface area contributed by atoms with Crippen LogP contribution < -0.4 is 5.73 Å². The van der Waals surface area contributed by atoms with Gasteiger partial charge < -0.3 is 15.2 Å². The molecule has 1 fully saturated rings. The lowest BCUT2D eigenvalue weighted by Crippen LogP contribution is -2.33. The van der Waals surface area contributed by atoms with Crippen molar-refractivity contribution in [1.29, 1.82) is 0 Å². The minimum Gasteiger partial charge on any atom is -0.336 e. The van der Waals surface area contributed by atoms with Crippen molar-refractivity contribution in [3.05, 3.63) is 28.1 Å². The summed E-state index contributed by atoms with van der Waals surface area (Å²) in [6, 6.07) is 1.33. The van der Waals surface area contributed by atoms with Gasteiger partial charge in [0.15, 0.2) is 0 Å². The van der Waals surface area contributed by atoms with Crippen LogP contribution in [0.15, 0.2) is 12.3 Å². The summed E-state index contributed by atoms with van der Waals surface area (Å²) in [5, 5.41) is 10.8. The van der Waals surface area contributed by atoms with Gasteiger partial charge in [-0.1, -0.05) is 0 Å². The Kier molecular flexibility index (Phi) is 3.57. The molecule has 0 unspecified atom stereocenters. The number of nitrogens with zero attached hydrogens (tertiary/aromatic N) is 3. The van der Waals surface area contributed by atoms with Crippen molar-refractivity contribution in [3.63, 3.8) is 0 Å². The Morgan fingerprint density at radius 2 is 2.26 bits per heavy atom. The normalized spacial score (nSPS) is 19.2. The highest BCUT2D eigenvalue weighted by Crippen LogP contribution is 2.23. The van der Waals surface area contributed by atoms with Crippen molar-refractivity contribution in [3.8, 4) is 0 Å². The van der Waals surface area contributed by atoms with Gasteiger partial charge >= 0.3 is 0 Å². The highest BCUT2D eigenvalue weighted by molar-refractivity contribution is 5.93. The molecule has 0 saturated carbocycles. The van der Waals surface area contributed by atoms with Crippen LogP contribution in [0.5, 0.6) is 0 Å². The van der Waals surface area contributed by atoms with Gasteiger partial charge in [-0.3, -0.25) is 14.9 Å². The van der Waals surface area contributed by atoms with Crippen LogP contribution in [0.2, 0.25) is 0 Å². The Morgan fingerprint density at radius 1 is 1.58 bits per heavy atom. The Labute approximate surface area is 111 Å². The quantitative estimate of drug-likeness (QED) is 0.655. The van der Waals surface area contributed by atoms with E-state index in [4.69, 9.17) is 5.73 Å². The summed E-state index contributed by atoms with van der Waals surface area (Å²) < 4.78 is 1.64. The minimum atomic E-state index is -0.481. The Bertz CT molecular complexity index is 509. The average molecular weight is 266 g/mol. The van der Waals surface area contributed by atoms with Crippen LogP contribution >= 0.6 is 0 Å². The Morgan fingerprint density at radius 3 is 2.74 bits per heavy atom. The minimum absolute atomic E-state index is 0.00129. The van der Waals surface area contributed by atoms with Crippen LogP contribution in [0.3, 0.4) is 0 Å². The molecule has 0 aliphatic carbocycles. The van der Waals surface area contributed by atoms with Crippen molar-refractivity contribution in [2.24, 2.45) is 5.73 Å². The molecule has 1 aromatic heterocycles. The Hall–Kier alpha value is -1.89. The van der Waals surface area contributed by atoms with Crippen molar-refractivity contribution >= 4 is 11.6 Å². The lowest BCUT2D eigenvalue weighted by molar-refractivity contribution is -0.384. The van der Waals surface area contributed by atoms with Crippen molar-refractivity contribution in [2.45, 2.75) is 32.4 Å². The summed E-state index contributed by atoms with van der Waals surface area (Å²) in [5.74, 6) is -0.185. The van der Waals surface area contributed by atoms with Crippen molar-refractivity contribution in [2.75, 3.05) is 13.1 Å². The van der Waals surface area contributed by atoms with E-state index in [-0.39, 0.29) is 23.7 Å². The summed E-state index contributed by atoms with van der Waals surface area (Å²) >= 11 is 0. The maximum Gasteiger partial charge on any atom is 0.287 e. The summed E-state index contributed by atoms with van der Waals surface area (Å²) in [7, 11) is 0. The molecule has 7 nitrogen and oxygen atoms in total. The third kappa shape index (κ3) is 2.60. The van der Waals surface area contributed by atoms with Gasteiger partial charge in [0.1, 0.15) is 5.69 Å². The number of aromatic nitrogens is 1. The molecule has 1 aromatic rings. The molecule has 1 aliphatic heterocycles. The number of carbonyl (C=O) groups excluding carboxylic acids is 1. The molecule has 2 N–H and O–H groups in total. The van der Waals surface area contributed by atoms with Crippen molar-refractivity contribution in [1.82, 2.24) is 9.47 Å². The second-order valence-corrected chi connectivity index (χ2v) is 5.14. The molecule has 0 aromatic carbocycles. The summed E-state index contributed by atoms with van der Waals surface area (Å²) in [6.45, 7) is 4.89. The number of nitro groups is 1. The smallest absolute Gasteiger partial charge is 0.287 e. The molecule has 7 heteroatoms. The van der Waals surface area contributed by atoms with E-state index in [0.717, 1.165) is 6.42 Å². The monoisotopic (exact) mass is 266 g/mol. The fourth-order valence-electron chi connectivity index (χ4n) is 2.30. The first kappa shape index (κ1) is 13.5. The van der Waals surface area contributed by atoms with Gasteiger partial charge in [-0.15, -0.1) is 0 Å². The topological polar surface area (TPSA) is 94.4 Å². The van der Waals surface area contributed by atoms with Crippen LogP contribution in [0.4, 0.5) is 5.69 Å². The summed E-state index contributed by atoms with van der Waals surface area (Å²) in [4.78, 5) is 24.4. The number of hydrogen-bond donors (Lipinski definition) is 1. The maximum atomic E-state index is 12.4. The highest BCUT2D eigenvalue weighted by atomic mass is 16.6. The predicted octanol–water partition coefficient (Wildman–Crippen LogP) is 1.15. The van der Waals surface area contributed by atoms with E-state index in [1.54, 1.807) is 9.47 Å². The molecule has 2 rings (SSSR count). The lowest BCUT2D eigenvalue weighted by Gasteiger charge is -2.18. The number of nitrogens with two attached hydrogens (primary N) is 1. The highest BCUT2D eigenvalue weighted by Gasteiger charge is 2.29. The molecule has 1 aliphatic rings. The number of amides is 1. The van der Waals surface area contributed by atoms with E-state index in [9.17, 15) is 14.9 Å². The van der Waals surface area contributed by atoms with Crippen LogP contribution in [-0.2, 0) is 0 Å². The van der Waals surface area contributed by atoms with Gasteiger partial charge in [0.25, 0.3) is 11.6 Å². The van der Waals surface area contributed by atoms with Gasteiger partial charge in [-0.05, 0) is 20.3 Å². The van der Waals surface area contributed by atoms with Gasteiger partial charge in [0.05, 0.1) is 11.1 Å².